The SMILES string of the molecule is CSc1cc(Oc2ccccc2O)ncn1. The Labute approximate surface area is 97.3 Å². The molecule has 1 aromatic heterocycles. The Bertz CT molecular complexity index is 491. The molecule has 1 heterocycles. The van der Waals surface area contributed by atoms with Gasteiger partial charge in [0, 0.05) is 6.07 Å². The number of hydrogen-bond donors (Lipinski definition) is 1. The van der Waals surface area contributed by atoms with Crippen molar-refractivity contribution in [2.75, 3.05) is 6.26 Å². The van der Waals surface area contributed by atoms with Crippen molar-refractivity contribution in [2.24, 2.45) is 0 Å². The number of rotatable bonds is 3. The standard InChI is InChI=1S/C11H10N2O2S/c1-16-11-6-10(12-7-13-11)15-9-5-3-2-4-8(9)14/h2-7,14H,1H3. The normalized spacial score (nSPS) is 10.1. The molecule has 0 radical (unpaired) electrons. The largest absolute Gasteiger partial charge is 0.504 e. The quantitative estimate of drug-likeness (QED) is 0.653. The second-order valence-electron chi connectivity index (χ2n) is 2.97. The van der Waals surface area contributed by atoms with E-state index in [-0.39, 0.29) is 5.75 Å². The van der Waals surface area contributed by atoms with E-state index < -0.39 is 0 Å². The summed E-state index contributed by atoms with van der Waals surface area (Å²) in [4.78, 5) is 8.00. The van der Waals surface area contributed by atoms with Crippen LogP contribution in [0.15, 0.2) is 41.7 Å². The van der Waals surface area contributed by atoms with Gasteiger partial charge in [-0.3, -0.25) is 0 Å². The minimum Gasteiger partial charge on any atom is -0.504 e. The smallest absolute Gasteiger partial charge is 0.223 e. The number of phenols is 1. The molecule has 0 aliphatic carbocycles. The first kappa shape index (κ1) is 10.8. The molecule has 0 saturated heterocycles. The van der Waals surface area contributed by atoms with Gasteiger partial charge in [0.05, 0.1) is 0 Å². The minimum absolute atomic E-state index is 0.0896. The first-order valence-corrected chi connectivity index (χ1v) is 5.84. The van der Waals surface area contributed by atoms with Crippen LogP contribution in [0, 0.1) is 0 Å². The number of thioether (sulfide) groups is 1. The Morgan fingerprint density at radius 2 is 2.06 bits per heavy atom. The molecule has 0 saturated carbocycles. The first-order valence-electron chi connectivity index (χ1n) is 4.61. The molecule has 16 heavy (non-hydrogen) atoms. The lowest BCUT2D eigenvalue weighted by molar-refractivity contribution is 0.401. The number of ether oxygens (including phenoxy) is 1. The van der Waals surface area contributed by atoms with Crippen molar-refractivity contribution in [3.63, 3.8) is 0 Å². The van der Waals surface area contributed by atoms with Crippen LogP contribution in [0.2, 0.25) is 0 Å². The van der Waals surface area contributed by atoms with Crippen molar-refractivity contribution in [3.05, 3.63) is 36.7 Å². The van der Waals surface area contributed by atoms with Gasteiger partial charge in [0.1, 0.15) is 11.4 Å². The molecular weight excluding hydrogens is 224 g/mol. The Hall–Kier alpha value is -1.75. The molecule has 1 aromatic carbocycles. The van der Waals surface area contributed by atoms with Gasteiger partial charge in [0.15, 0.2) is 11.5 Å². The molecular formula is C11H10N2O2S. The van der Waals surface area contributed by atoms with E-state index in [2.05, 4.69) is 9.97 Å². The van der Waals surface area contributed by atoms with Crippen LogP contribution in [-0.4, -0.2) is 21.3 Å². The van der Waals surface area contributed by atoms with E-state index in [9.17, 15) is 5.11 Å². The molecule has 2 aromatic rings. The Morgan fingerprint density at radius 1 is 1.25 bits per heavy atom. The highest BCUT2D eigenvalue weighted by molar-refractivity contribution is 7.98. The number of aromatic hydroxyl groups is 1. The van der Waals surface area contributed by atoms with Gasteiger partial charge in [0.25, 0.3) is 0 Å². The fourth-order valence-electron chi connectivity index (χ4n) is 1.15. The monoisotopic (exact) mass is 234 g/mol. The highest BCUT2D eigenvalue weighted by Gasteiger charge is 2.04. The predicted octanol–water partition coefficient (Wildman–Crippen LogP) is 2.70. The maximum Gasteiger partial charge on any atom is 0.223 e. The van der Waals surface area contributed by atoms with Gasteiger partial charge in [-0.1, -0.05) is 12.1 Å². The van der Waals surface area contributed by atoms with Crippen LogP contribution in [0.5, 0.6) is 17.4 Å². The summed E-state index contributed by atoms with van der Waals surface area (Å²) in [7, 11) is 0. The summed E-state index contributed by atoms with van der Waals surface area (Å²) in [5, 5.41) is 10.3. The molecule has 0 atom stereocenters. The van der Waals surface area contributed by atoms with Crippen LogP contribution in [-0.2, 0) is 0 Å². The molecule has 0 unspecified atom stereocenters. The zero-order valence-corrected chi connectivity index (χ0v) is 9.44. The third-order valence-electron chi connectivity index (χ3n) is 1.91. The van der Waals surface area contributed by atoms with Crippen molar-refractivity contribution in [1.82, 2.24) is 9.97 Å². The van der Waals surface area contributed by atoms with Crippen LogP contribution in [0.1, 0.15) is 0 Å². The predicted molar refractivity (Wildman–Crippen MR) is 62.0 cm³/mol. The summed E-state index contributed by atoms with van der Waals surface area (Å²) in [6.45, 7) is 0. The number of benzene rings is 1. The Morgan fingerprint density at radius 3 is 2.81 bits per heavy atom. The van der Waals surface area contributed by atoms with Crippen LogP contribution in [0.4, 0.5) is 0 Å². The van der Waals surface area contributed by atoms with Gasteiger partial charge in [-0.25, -0.2) is 9.97 Å². The molecule has 82 valence electrons. The summed E-state index contributed by atoms with van der Waals surface area (Å²) < 4.78 is 5.44. The lowest BCUT2D eigenvalue weighted by Crippen LogP contribution is -1.90. The summed E-state index contributed by atoms with van der Waals surface area (Å²) in [6.07, 6.45) is 3.35. The molecule has 0 fully saturated rings. The topological polar surface area (TPSA) is 55.2 Å². The van der Waals surface area contributed by atoms with Crippen LogP contribution in [0.3, 0.4) is 0 Å². The van der Waals surface area contributed by atoms with Gasteiger partial charge in [0.2, 0.25) is 5.88 Å². The maximum atomic E-state index is 9.52. The summed E-state index contributed by atoms with van der Waals surface area (Å²) in [5.74, 6) is 0.890. The average molecular weight is 234 g/mol. The van der Waals surface area contributed by atoms with Gasteiger partial charge in [-0.15, -0.1) is 11.8 Å². The fourth-order valence-corrected chi connectivity index (χ4v) is 1.52. The average Bonchev–Trinajstić information content (AvgIpc) is 2.32. The third kappa shape index (κ3) is 2.43. The molecule has 0 spiro atoms. The number of nitrogens with zero attached hydrogens (tertiary/aromatic N) is 2. The van der Waals surface area contributed by atoms with Crippen LogP contribution >= 0.6 is 11.8 Å². The first-order chi connectivity index (χ1) is 7.79. The lowest BCUT2D eigenvalue weighted by Gasteiger charge is -2.06. The van der Waals surface area contributed by atoms with Crippen molar-refractivity contribution in [3.8, 4) is 17.4 Å². The molecule has 5 heteroatoms. The summed E-state index contributed by atoms with van der Waals surface area (Å²) in [5.41, 5.74) is 0. The van der Waals surface area contributed by atoms with Gasteiger partial charge in [-0.05, 0) is 18.4 Å². The maximum absolute atomic E-state index is 9.52. The van der Waals surface area contributed by atoms with E-state index >= 15 is 0 Å². The molecule has 0 bridgehead atoms. The number of phenolic OH excluding ortho intramolecular Hbond substituents is 1. The molecule has 0 aliphatic heterocycles. The zero-order valence-electron chi connectivity index (χ0n) is 8.62. The minimum atomic E-state index is 0.0896. The highest BCUT2D eigenvalue weighted by Crippen LogP contribution is 2.29. The highest BCUT2D eigenvalue weighted by atomic mass is 32.2. The fraction of sp³-hybridized carbons (Fsp3) is 0.0909. The second kappa shape index (κ2) is 4.85. The lowest BCUT2D eigenvalue weighted by atomic mass is 10.3. The molecule has 2 rings (SSSR count). The number of para-hydroxylation sites is 2. The second-order valence-corrected chi connectivity index (χ2v) is 3.79. The van der Waals surface area contributed by atoms with E-state index in [4.69, 9.17) is 4.74 Å². The Balaban J connectivity index is 2.24. The molecule has 0 aliphatic rings. The van der Waals surface area contributed by atoms with E-state index in [1.165, 1.54) is 18.1 Å². The number of hydrogen-bond acceptors (Lipinski definition) is 5. The van der Waals surface area contributed by atoms with E-state index in [1.807, 2.05) is 6.26 Å². The van der Waals surface area contributed by atoms with Gasteiger partial charge in [-0.2, -0.15) is 0 Å². The zero-order chi connectivity index (χ0) is 11.4. The molecule has 4 nitrogen and oxygen atoms in total. The van der Waals surface area contributed by atoms with Crippen LogP contribution < -0.4 is 4.74 Å². The summed E-state index contributed by atoms with van der Waals surface area (Å²) in [6, 6.07) is 8.47. The van der Waals surface area contributed by atoms with E-state index in [0.717, 1.165) is 5.03 Å². The van der Waals surface area contributed by atoms with Crippen LogP contribution in [0.25, 0.3) is 0 Å². The van der Waals surface area contributed by atoms with E-state index in [0.29, 0.717) is 11.6 Å². The Kier molecular flexibility index (Phi) is 3.26. The number of aromatic nitrogens is 2. The van der Waals surface area contributed by atoms with Crippen molar-refractivity contribution < 1.29 is 9.84 Å². The molecule has 1 N–H and O–H groups in total. The summed E-state index contributed by atoms with van der Waals surface area (Å²) >= 11 is 1.50. The van der Waals surface area contributed by atoms with Crippen molar-refractivity contribution in [2.45, 2.75) is 5.03 Å². The molecule has 0 amide bonds. The third-order valence-corrected chi connectivity index (χ3v) is 2.55. The van der Waals surface area contributed by atoms with Crippen molar-refractivity contribution >= 4 is 11.8 Å². The van der Waals surface area contributed by atoms with Gasteiger partial charge < -0.3 is 9.84 Å². The van der Waals surface area contributed by atoms with Gasteiger partial charge >= 0.3 is 0 Å². The van der Waals surface area contributed by atoms with E-state index in [1.54, 1.807) is 30.3 Å². The van der Waals surface area contributed by atoms with Crippen molar-refractivity contribution in [1.29, 1.82) is 0 Å².